The van der Waals surface area contributed by atoms with Gasteiger partial charge in [0.2, 0.25) is 21.8 Å². The summed E-state index contributed by atoms with van der Waals surface area (Å²) < 4.78 is 27.7. The maximum Gasteiger partial charge on any atom is 0.245 e. The van der Waals surface area contributed by atoms with Crippen LogP contribution in [0.5, 0.6) is 0 Å². The number of hydrogen-bond donors (Lipinski definition) is 1. The molecule has 4 rings (SSSR count). The van der Waals surface area contributed by atoms with Crippen LogP contribution in [0.15, 0.2) is 59.8 Å². The van der Waals surface area contributed by atoms with Crippen LogP contribution in [0, 0.1) is 11.3 Å². The molecule has 0 spiro atoms. The number of aromatic nitrogens is 2. The molecule has 2 aromatic heterocycles. The number of nitrogens with one attached hydrogen (secondary N) is 1. The minimum absolute atomic E-state index is 0.0139. The van der Waals surface area contributed by atoms with E-state index in [0.29, 0.717) is 16.7 Å². The summed E-state index contributed by atoms with van der Waals surface area (Å²) in [6, 6.07) is 14.5. The van der Waals surface area contributed by atoms with Gasteiger partial charge >= 0.3 is 0 Å². The number of carbonyl (C=O) groups is 2. The van der Waals surface area contributed by atoms with Crippen molar-refractivity contribution in [1.82, 2.24) is 19.2 Å². The second-order valence-electron chi connectivity index (χ2n) is 8.13. The molecule has 0 bridgehead atoms. The molecule has 1 fully saturated rings. The van der Waals surface area contributed by atoms with Gasteiger partial charge in [0.05, 0.1) is 12.5 Å². The molecule has 182 valence electrons. The van der Waals surface area contributed by atoms with Gasteiger partial charge in [-0.25, -0.2) is 13.4 Å². The SMILES string of the molecule is N#CCCN(C(=O)CCC(=O)N1CCN(S(=O)(=O)c2c[nH]c3ncccc23)CC1)c1ccccc1. The molecule has 3 aromatic rings. The Kier molecular flexibility index (Phi) is 7.43. The van der Waals surface area contributed by atoms with Crippen LogP contribution in [0.4, 0.5) is 5.69 Å². The van der Waals surface area contributed by atoms with Crippen LogP contribution in [0.25, 0.3) is 11.0 Å². The highest BCUT2D eigenvalue weighted by Crippen LogP contribution is 2.25. The Balaban J connectivity index is 1.33. The number of benzene rings is 1. The van der Waals surface area contributed by atoms with Gasteiger partial charge in [-0.2, -0.15) is 9.57 Å². The lowest BCUT2D eigenvalue weighted by Crippen LogP contribution is -2.50. The molecule has 2 amide bonds. The van der Waals surface area contributed by atoms with Gasteiger partial charge < -0.3 is 14.8 Å². The molecule has 0 unspecified atom stereocenters. The summed E-state index contributed by atoms with van der Waals surface area (Å²) in [5.41, 5.74) is 1.19. The van der Waals surface area contributed by atoms with Crippen LogP contribution in [-0.2, 0) is 19.6 Å². The summed E-state index contributed by atoms with van der Waals surface area (Å²) in [6.07, 6.45) is 3.26. The Morgan fingerprint density at radius 1 is 1.06 bits per heavy atom. The highest BCUT2D eigenvalue weighted by molar-refractivity contribution is 7.89. The molecule has 35 heavy (non-hydrogen) atoms. The van der Waals surface area contributed by atoms with Crippen LogP contribution < -0.4 is 4.90 Å². The third-order valence-corrected chi connectivity index (χ3v) is 7.93. The van der Waals surface area contributed by atoms with E-state index in [0.717, 1.165) is 0 Å². The van der Waals surface area contributed by atoms with E-state index in [1.54, 1.807) is 35.4 Å². The topological polar surface area (TPSA) is 130 Å². The highest BCUT2D eigenvalue weighted by Gasteiger charge is 2.32. The molecule has 1 aliphatic rings. The Labute approximate surface area is 203 Å². The van der Waals surface area contributed by atoms with Crippen LogP contribution in [0.1, 0.15) is 19.3 Å². The zero-order valence-electron chi connectivity index (χ0n) is 19.1. The number of carbonyl (C=O) groups excluding carboxylic acids is 2. The second-order valence-corrected chi connectivity index (χ2v) is 10.0. The zero-order chi connectivity index (χ0) is 24.8. The van der Waals surface area contributed by atoms with E-state index in [-0.39, 0.29) is 68.7 Å². The molecule has 1 aliphatic heterocycles. The molecule has 10 nitrogen and oxygen atoms in total. The van der Waals surface area contributed by atoms with Crippen molar-refractivity contribution in [3.8, 4) is 6.07 Å². The van der Waals surface area contributed by atoms with Gasteiger partial charge in [-0.05, 0) is 24.3 Å². The molecule has 0 atom stereocenters. The predicted molar refractivity (Wildman–Crippen MR) is 130 cm³/mol. The van der Waals surface area contributed by atoms with E-state index in [1.807, 2.05) is 24.3 Å². The number of aromatic amines is 1. The van der Waals surface area contributed by atoms with E-state index < -0.39 is 10.0 Å². The third-order valence-electron chi connectivity index (χ3n) is 5.99. The lowest BCUT2D eigenvalue weighted by Gasteiger charge is -2.34. The molecule has 11 heteroatoms. The Morgan fingerprint density at radius 3 is 2.51 bits per heavy atom. The summed E-state index contributed by atoms with van der Waals surface area (Å²) in [6.45, 7) is 1.11. The number of rotatable bonds is 8. The first-order chi connectivity index (χ1) is 16.9. The zero-order valence-corrected chi connectivity index (χ0v) is 19.9. The van der Waals surface area contributed by atoms with Gasteiger partial charge in [-0.15, -0.1) is 0 Å². The van der Waals surface area contributed by atoms with Gasteiger partial charge in [0.25, 0.3) is 0 Å². The minimum Gasteiger partial charge on any atom is -0.345 e. The Morgan fingerprint density at radius 2 is 1.80 bits per heavy atom. The molecular formula is C24H26N6O4S. The van der Waals surface area contributed by atoms with Gasteiger partial charge in [-0.1, -0.05) is 18.2 Å². The number of amides is 2. The fraction of sp³-hybridized carbons (Fsp3) is 0.333. The van der Waals surface area contributed by atoms with E-state index >= 15 is 0 Å². The first-order valence-corrected chi connectivity index (χ1v) is 12.8. The van der Waals surface area contributed by atoms with E-state index in [9.17, 15) is 18.0 Å². The molecule has 1 aromatic carbocycles. The smallest absolute Gasteiger partial charge is 0.245 e. The standard InChI is InChI=1S/C24H26N6O4S/c25-11-5-13-30(19-6-2-1-3-7-19)23(32)10-9-22(31)28-14-16-29(17-15-28)35(33,34)21-18-27-24-20(21)8-4-12-26-24/h1-4,6-8,12,18H,5,9-10,13-17H2,(H,26,27). The van der Waals surface area contributed by atoms with Crippen LogP contribution in [0.2, 0.25) is 0 Å². The van der Waals surface area contributed by atoms with Crippen LogP contribution >= 0.6 is 0 Å². The lowest BCUT2D eigenvalue weighted by atomic mass is 10.2. The van der Waals surface area contributed by atoms with E-state index in [2.05, 4.69) is 9.97 Å². The van der Waals surface area contributed by atoms with Crippen molar-refractivity contribution in [1.29, 1.82) is 5.26 Å². The van der Waals surface area contributed by atoms with Gasteiger partial charge in [-0.3, -0.25) is 9.59 Å². The van der Waals surface area contributed by atoms with Crippen molar-refractivity contribution in [3.63, 3.8) is 0 Å². The van der Waals surface area contributed by atoms with Gasteiger partial charge in [0.15, 0.2) is 0 Å². The van der Waals surface area contributed by atoms with Crippen molar-refractivity contribution in [3.05, 3.63) is 54.9 Å². The van der Waals surface area contributed by atoms with E-state index in [4.69, 9.17) is 5.26 Å². The number of piperazine rings is 1. The second kappa shape index (κ2) is 10.7. The fourth-order valence-corrected chi connectivity index (χ4v) is 5.71. The average Bonchev–Trinajstić information content (AvgIpc) is 3.33. The summed E-state index contributed by atoms with van der Waals surface area (Å²) >= 11 is 0. The summed E-state index contributed by atoms with van der Waals surface area (Å²) in [5, 5.41) is 9.45. The molecule has 1 N–H and O–H groups in total. The molecular weight excluding hydrogens is 468 g/mol. The fourth-order valence-electron chi connectivity index (χ4n) is 4.14. The monoisotopic (exact) mass is 494 g/mol. The normalized spacial score (nSPS) is 14.5. The molecule has 0 aliphatic carbocycles. The number of hydrogen-bond acceptors (Lipinski definition) is 6. The van der Waals surface area contributed by atoms with Crippen molar-refractivity contribution in [2.45, 2.75) is 24.2 Å². The van der Waals surface area contributed by atoms with E-state index in [1.165, 1.54) is 15.4 Å². The maximum absolute atomic E-state index is 13.2. The minimum atomic E-state index is -3.73. The molecule has 0 radical (unpaired) electrons. The Hall–Kier alpha value is -3.75. The van der Waals surface area contributed by atoms with Crippen molar-refractivity contribution in [2.24, 2.45) is 0 Å². The first-order valence-electron chi connectivity index (χ1n) is 11.3. The number of fused-ring (bicyclic) bond motifs is 1. The summed E-state index contributed by atoms with van der Waals surface area (Å²) in [7, 11) is -3.73. The molecule has 3 heterocycles. The number of H-pyrrole nitrogens is 1. The average molecular weight is 495 g/mol. The number of nitrogens with zero attached hydrogens (tertiary/aromatic N) is 5. The Bertz CT molecular complexity index is 1340. The van der Waals surface area contributed by atoms with Crippen molar-refractivity contribution in [2.75, 3.05) is 37.6 Å². The van der Waals surface area contributed by atoms with Crippen LogP contribution in [-0.4, -0.2) is 72.1 Å². The number of pyridine rings is 1. The number of nitriles is 1. The number of anilines is 1. The quantitative estimate of drug-likeness (QED) is 0.510. The predicted octanol–water partition coefficient (Wildman–Crippen LogP) is 2.12. The van der Waals surface area contributed by atoms with Crippen molar-refractivity contribution >= 4 is 38.6 Å². The maximum atomic E-state index is 13.2. The first kappa shape index (κ1) is 24.4. The van der Waals surface area contributed by atoms with Crippen molar-refractivity contribution < 1.29 is 18.0 Å². The lowest BCUT2D eigenvalue weighted by molar-refractivity contribution is -0.134. The summed E-state index contributed by atoms with van der Waals surface area (Å²) in [5.74, 6) is -0.422. The van der Waals surface area contributed by atoms with Crippen LogP contribution in [0.3, 0.4) is 0 Å². The third kappa shape index (κ3) is 5.34. The molecule has 0 saturated carbocycles. The number of sulfonamides is 1. The summed E-state index contributed by atoms with van der Waals surface area (Å²) in [4.78, 5) is 35.9. The number of para-hydroxylation sites is 1. The largest absolute Gasteiger partial charge is 0.345 e. The van der Waals surface area contributed by atoms with Gasteiger partial charge in [0, 0.05) is 69.0 Å². The molecule has 1 saturated heterocycles. The highest BCUT2D eigenvalue weighted by atomic mass is 32.2. The van der Waals surface area contributed by atoms with Gasteiger partial charge in [0.1, 0.15) is 10.5 Å².